The van der Waals surface area contributed by atoms with Gasteiger partial charge in [-0.3, -0.25) is 19.3 Å². The van der Waals surface area contributed by atoms with Gasteiger partial charge in [-0.1, -0.05) is 5.16 Å². The number of carboxylic acid groups (broad SMARTS) is 1. The first kappa shape index (κ1) is 18.5. The molecule has 0 radical (unpaired) electrons. The summed E-state index contributed by atoms with van der Waals surface area (Å²) < 4.78 is 5.02. The van der Waals surface area contributed by atoms with Gasteiger partial charge < -0.3 is 25.7 Å². The Morgan fingerprint density at radius 1 is 1.54 bits per heavy atom. The standard InChI is InChI=1S/C14H13N5O7S2/c1-25-18-7(4-3-27-13(15)16-4)9(21)17-8-10(22)19-11(8)28-5-2-6(20)26-14(5,19)12(23)24/h3,5,8,11H,2H2,1H3,(H2,15,16)(H,17,21)(H,23,24)/b18-7+/t5-,8?,11?,14-/m0/s1. The summed E-state index contributed by atoms with van der Waals surface area (Å²) in [7, 11) is 1.25. The van der Waals surface area contributed by atoms with Crippen molar-refractivity contribution in [1.82, 2.24) is 15.2 Å². The number of β-lactam (4-membered cyclic amide) rings is 1. The number of hydrogen-bond donors (Lipinski definition) is 3. The van der Waals surface area contributed by atoms with Crippen LogP contribution in [0.5, 0.6) is 0 Å². The van der Waals surface area contributed by atoms with Crippen molar-refractivity contribution < 1.29 is 33.9 Å². The van der Waals surface area contributed by atoms with Gasteiger partial charge in [-0.05, 0) is 0 Å². The second-order valence-electron chi connectivity index (χ2n) is 6.05. The number of carbonyl (C=O) groups is 4. The molecule has 3 saturated heterocycles. The summed E-state index contributed by atoms with van der Waals surface area (Å²) >= 11 is 2.20. The van der Waals surface area contributed by atoms with Crippen molar-refractivity contribution in [3.8, 4) is 0 Å². The fourth-order valence-corrected chi connectivity index (χ4v) is 5.65. The normalized spacial score (nSPS) is 31.0. The number of ether oxygens (including phenoxy) is 1. The summed E-state index contributed by atoms with van der Waals surface area (Å²) in [5.41, 5.74) is 3.54. The van der Waals surface area contributed by atoms with Crippen molar-refractivity contribution in [3.63, 3.8) is 0 Å². The Kier molecular flexibility index (Phi) is 4.19. The number of aliphatic carboxylic acids is 1. The number of hydrogen-bond acceptors (Lipinski definition) is 11. The number of aromatic nitrogens is 1. The molecule has 4 heterocycles. The molecule has 14 heteroatoms. The van der Waals surface area contributed by atoms with Crippen molar-refractivity contribution >= 4 is 57.7 Å². The van der Waals surface area contributed by atoms with Gasteiger partial charge in [0.25, 0.3) is 17.5 Å². The van der Waals surface area contributed by atoms with Crippen LogP contribution in [0.25, 0.3) is 0 Å². The maximum Gasteiger partial charge on any atom is 0.371 e. The molecule has 4 atom stereocenters. The molecule has 0 spiro atoms. The molecule has 1 aromatic rings. The lowest BCUT2D eigenvalue weighted by Crippen LogP contribution is -2.75. The van der Waals surface area contributed by atoms with Crippen LogP contribution >= 0.6 is 23.1 Å². The molecule has 3 aliphatic heterocycles. The minimum absolute atomic E-state index is 0.133. The van der Waals surface area contributed by atoms with Crippen molar-refractivity contribution in [2.45, 2.75) is 28.8 Å². The first-order valence-corrected chi connectivity index (χ1v) is 9.69. The van der Waals surface area contributed by atoms with Gasteiger partial charge in [-0.15, -0.1) is 23.1 Å². The number of nitrogen functional groups attached to an aromatic ring is 1. The third-order valence-corrected chi connectivity index (χ3v) is 6.77. The van der Waals surface area contributed by atoms with Crippen molar-refractivity contribution in [1.29, 1.82) is 0 Å². The van der Waals surface area contributed by atoms with E-state index in [1.54, 1.807) is 0 Å². The maximum atomic E-state index is 12.6. The molecule has 0 saturated carbocycles. The van der Waals surface area contributed by atoms with Crippen molar-refractivity contribution in [3.05, 3.63) is 11.1 Å². The molecule has 2 amide bonds. The average molecular weight is 427 g/mol. The number of fused-ring (bicyclic) bond motifs is 3. The lowest BCUT2D eigenvalue weighted by Gasteiger charge is -2.46. The second kappa shape index (κ2) is 6.34. The van der Waals surface area contributed by atoms with Crippen LogP contribution in [-0.2, 0) is 28.8 Å². The van der Waals surface area contributed by atoms with Crippen LogP contribution in [0.2, 0.25) is 0 Å². The molecular weight excluding hydrogens is 414 g/mol. The Balaban J connectivity index is 1.54. The lowest BCUT2D eigenvalue weighted by molar-refractivity contribution is -0.204. The first-order chi connectivity index (χ1) is 13.3. The molecule has 4 N–H and O–H groups in total. The molecule has 28 heavy (non-hydrogen) atoms. The summed E-state index contributed by atoms with van der Waals surface area (Å²) in [5.74, 6) is -3.51. The van der Waals surface area contributed by atoms with Crippen LogP contribution in [0.3, 0.4) is 0 Å². The van der Waals surface area contributed by atoms with E-state index in [0.29, 0.717) is 0 Å². The summed E-state index contributed by atoms with van der Waals surface area (Å²) in [6.45, 7) is 0. The number of nitrogens with two attached hydrogens (primary N) is 1. The number of anilines is 1. The Bertz CT molecular complexity index is 933. The summed E-state index contributed by atoms with van der Waals surface area (Å²) in [6.07, 6.45) is -0.133. The highest BCUT2D eigenvalue weighted by Gasteiger charge is 2.75. The number of nitrogens with one attached hydrogen (secondary N) is 1. The number of rotatable bonds is 5. The molecule has 12 nitrogen and oxygen atoms in total. The molecule has 3 fully saturated rings. The predicted molar refractivity (Wildman–Crippen MR) is 95.1 cm³/mol. The van der Waals surface area contributed by atoms with Gasteiger partial charge in [0.15, 0.2) is 10.8 Å². The van der Waals surface area contributed by atoms with E-state index in [-0.39, 0.29) is 23.0 Å². The number of nitrogens with zero attached hydrogens (tertiary/aromatic N) is 3. The molecule has 0 aromatic carbocycles. The van der Waals surface area contributed by atoms with Gasteiger partial charge in [0.2, 0.25) is 0 Å². The van der Waals surface area contributed by atoms with Gasteiger partial charge in [0.05, 0.1) is 11.7 Å². The van der Waals surface area contributed by atoms with E-state index in [9.17, 15) is 24.3 Å². The van der Waals surface area contributed by atoms with Gasteiger partial charge in [0.1, 0.15) is 24.2 Å². The van der Waals surface area contributed by atoms with Crippen LogP contribution in [0, 0.1) is 0 Å². The number of thioether (sulfide) groups is 1. The number of esters is 1. The highest BCUT2D eigenvalue weighted by Crippen LogP contribution is 2.55. The van der Waals surface area contributed by atoms with Crippen LogP contribution in [0.1, 0.15) is 12.1 Å². The first-order valence-electron chi connectivity index (χ1n) is 7.87. The van der Waals surface area contributed by atoms with Crippen LogP contribution in [0.4, 0.5) is 5.13 Å². The summed E-state index contributed by atoms with van der Waals surface area (Å²) in [5, 5.41) is 16.0. The number of thiazole rings is 1. The largest absolute Gasteiger partial charge is 0.477 e. The minimum atomic E-state index is -2.03. The van der Waals surface area contributed by atoms with E-state index in [1.165, 1.54) is 12.5 Å². The highest BCUT2D eigenvalue weighted by molar-refractivity contribution is 8.01. The van der Waals surface area contributed by atoms with Crippen molar-refractivity contribution in [2.24, 2.45) is 5.16 Å². The SMILES string of the molecule is CO/N=C(/C(=O)NC1C(=O)N2C1S[C@H]1CC(=O)O[C@]12C(=O)O)c1csc(N)n1. The van der Waals surface area contributed by atoms with E-state index in [0.717, 1.165) is 28.0 Å². The van der Waals surface area contributed by atoms with Crippen LogP contribution in [0.15, 0.2) is 10.5 Å². The monoisotopic (exact) mass is 427 g/mol. The van der Waals surface area contributed by atoms with Crippen molar-refractivity contribution in [2.75, 3.05) is 12.8 Å². The molecule has 0 aliphatic carbocycles. The Morgan fingerprint density at radius 2 is 2.29 bits per heavy atom. The Labute approximate surface area is 165 Å². The Morgan fingerprint density at radius 3 is 2.89 bits per heavy atom. The van der Waals surface area contributed by atoms with E-state index >= 15 is 0 Å². The third-order valence-electron chi connectivity index (χ3n) is 4.52. The zero-order valence-corrected chi connectivity index (χ0v) is 15.8. The van der Waals surface area contributed by atoms with Gasteiger partial charge in [0, 0.05) is 5.38 Å². The molecule has 4 rings (SSSR count). The summed E-state index contributed by atoms with van der Waals surface area (Å²) in [6, 6.07) is -1.00. The topological polar surface area (TPSA) is 174 Å². The smallest absolute Gasteiger partial charge is 0.371 e. The Hall–Kier alpha value is -2.87. The number of oxime groups is 1. The maximum absolute atomic E-state index is 12.6. The van der Waals surface area contributed by atoms with E-state index in [4.69, 9.17) is 10.5 Å². The van der Waals surface area contributed by atoms with Crippen LogP contribution in [-0.4, -0.2) is 74.0 Å². The number of carboxylic acids is 1. The average Bonchev–Trinajstić information content (AvgIpc) is 3.27. The zero-order chi connectivity index (χ0) is 20.2. The molecule has 0 bridgehead atoms. The quantitative estimate of drug-likeness (QED) is 0.219. The molecule has 148 valence electrons. The van der Waals surface area contributed by atoms with E-state index in [2.05, 4.69) is 20.3 Å². The summed E-state index contributed by atoms with van der Waals surface area (Å²) in [4.78, 5) is 58.2. The van der Waals surface area contributed by atoms with E-state index < -0.39 is 46.1 Å². The highest BCUT2D eigenvalue weighted by atomic mass is 32.2. The predicted octanol–water partition coefficient (Wildman–Crippen LogP) is -1.43. The lowest BCUT2D eigenvalue weighted by atomic mass is 9.98. The molecular formula is C14H13N5O7S2. The van der Waals surface area contributed by atoms with Gasteiger partial charge in [-0.25, -0.2) is 9.78 Å². The third kappa shape index (κ3) is 2.44. The fraction of sp³-hybridized carbons (Fsp3) is 0.429. The zero-order valence-electron chi connectivity index (χ0n) is 14.1. The van der Waals surface area contributed by atoms with Crippen LogP contribution < -0.4 is 11.1 Å². The van der Waals surface area contributed by atoms with Gasteiger partial charge in [-0.2, -0.15) is 0 Å². The minimum Gasteiger partial charge on any atom is -0.477 e. The molecule has 3 aliphatic rings. The second-order valence-corrected chi connectivity index (χ2v) is 8.26. The number of amides is 2. The molecule has 1 aromatic heterocycles. The fourth-order valence-electron chi connectivity index (χ4n) is 3.36. The van der Waals surface area contributed by atoms with E-state index in [1.807, 2.05) is 0 Å². The molecule has 2 unspecified atom stereocenters. The number of carbonyl (C=O) groups excluding carboxylic acids is 3. The van der Waals surface area contributed by atoms with Gasteiger partial charge >= 0.3 is 11.9 Å².